The zero-order valence-electron chi connectivity index (χ0n) is 7.37. The van der Waals surface area contributed by atoms with Gasteiger partial charge in [0, 0.05) is 13.1 Å². The molecule has 1 aliphatic heterocycles. The number of hydrogen-bond donors (Lipinski definition) is 2. The second-order valence-electron chi connectivity index (χ2n) is 4.37. The molecule has 0 bridgehead atoms. The standard InChI is InChI=1S/C9H17NO2/c11-8-1-3-9(4-2-8)5-6-10(12)7-9/h8,11-12H,1-7H2. The topological polar surface area (TPSA) is 43.7 Å². The van der Waals surface area contributed by atoms with E-state index in [2.05, 4.69) is 0 Å². The van der Waals surface area contributed by atoms with Crippen molar-refractivity contribution >= 4 is 0 Å². The molecule has 1 saturated heterocycles. The maximum Gasteiger partial charge on any atom is 0.0540 e. The number of rotatable bonds is 0. The van der Waals surface area contributed by atoms with Crippen molar-refractivity contribution in [3.63, 3.8) is 0 Å². The third-order valence-electron chi connectivity index (χ3n) is 3.43. The summed E-state index contributed by atoms with van der Waals surface area (Å²) in [5.41, 5.74) is 0.341. The summed E-state index contributed by atoms with van der Waals surface area (Å²) < 4.78 is 0. The van der Waals surface area contributed by atoms with Crippen molar-refractivity contribution in [2.45, 2.75) is 38.2 Å². The second-order valence-corrected chi connectivity index (χ2v) is 4.37. The third kappa shape index (κ3) is 1.49. The molecule has 70 valence electrons. The normalized spacial score (nSPS) is 44.0. The zero-order valence-corrected chi connectivity index (χ0v) is 7.37. The highest BCUT2D eigenvalue weighted by atomic mass is 16.5. The van der Waals surface area contributed by atoms with E-state index < -0.39 is 0 Å². The first kappa shape index (κ1) is 8.48. The van der Waals surface area contributed by atoms with Crippen LogP contribution < -0.4 is 0 Å². The van der Waals surface area contributed by atoms with Crippen molar-refractivity contribution < 1.29 is 10.3 Å². The molecule has 2 fully saturated rings. The average molecular weight is 171 g/mol. The van der Waals surface area contributed by atoms with Crippen molar-refractivity contribution in [1.29, 1.82) is 0 Å². The van der Waals surface area contributed by atoms with Gasteiger partial charge in [-0.1, -0.05) is 0 Å². The molecule has 2 N–H and O–H groups in total. The molecule has 1 aliphatic carbocycles. The van der Waals surface area contributed by atoms with Crippen LogP contribution in [0.4, 0.5) is 0 Å². The maximum atomic E-state index is 9.34. The van der Waals surface area contributed by atoms with Crippen LogP contribution in [0, 0.1) is 5.41 Å². The van der Waals surface area contributed by atoms with Crippen molar-refractivity contribution in [2.75, 3.05) is 13.1 Å². The lowest BCUT2D eigenvalue weighted by Crippen LogP contribution is -2.32. The molecule has 2 aliphatic rings. The number of nitrogens with zero attached hydrogens (tertiary/aromatic N) is 1. The monoisotopic (exact) mass is 171 g/mol. The van der Waals surface area contributed by atoms with Gasteiger partial charge in [0.2, 0.25) is 0 Å². The van der Waals surface area contributed by atoms with E-state index in [0.29, 0.717) is 5.41 Å². The van der Waals surface area contributed by atoms with Crippen LogP contribution in [0.2, 0.25) is 0 Å². The minimum Gasteiger partial charge on any atom is -0.393 e. The molecule has 12 heavy (non-hydrogen) atoms. The second kappa shape index (κ2) is 2.98. The van der Waals surface area contributed by atoms with E-state index >= 15 is 0 Å². The summed E-state index contributed by atoms with van der Waals surface area (Å²) in [5.74, 6) is 0. The molecule has 3 heteroatoms. The van der Waals surface area contributed by atoms with E-state index in [1.54, 1.807) is 0 Å². The predicted molar refractivity (Wildman–Crippen MR) is 44.9 cm³/mol. The SMILES string of the molecule is OC1CCC2(CC1)CCN(O)C2. The van der Waals surface area contributed by atoms with Gasteiger partial charge in [-0.15, -0.1) is 0 Å². The molecule has 1 heterocycles. The fourth-order valence-corrected chi connectivity index (χ4v) is 2.53. The molecule has 0 aromatic carbocycles. The van der Waals surface area contributed by atoms with Gasteiger partial charge in [0.25, 0.3) is 0 Å². The Labute approximate surface area is 72.9 Å². The minimum absolute atomic E-state index is 0.0802. The molecule has 0 atom stereocenters. The van der Waals surface area contributed by atoms with Crippen LogP contribution in [0.3, 0.4) is 0 Å². The molecule has 2 rings (SSSR count). The number of hydroxylamine groups is 2. The summed E-state index contributed by atoms with van der Waals surface area (Å²) in [6.07, 6.45) is 5.05. The molecule has 0 radical (unpaired) electrons. The van der Waals surface area contributed by atoms with Crippen molar-refractivity contribution in [3.8, 4) is 0 Å². The summed E-state index contributed by atoms with van der Waals surface area (Å²) in [7, 11) is 0. The molecule has 3 nitrogen and oxygen atoms in total. The van der Waals surface area contributed by atoms with E-state index in [9.17, 15) is 10.3 Å². The Hall–Kier alpha value is -0.120. The molecule has 0 amide bonds. The first-order valence-corrected chi connectivity index (χ1v) is 4.82. The van der Waals surface area contributed by atoms with Crippen LogP contribution in [-0.4, -0.2) is 34.6 Å². The first-order valence-electron chi connectivity index (χ1n) is 4.82. The van der Waals surface area contributed by atoms with E-state index in [4.69, 9.17) is 0 Å². The zero-order chi connectivity index (χ0) is 8.60. The fourth-order valence-electron chi connectivity index (χ4n) is 2.53. The first-order chi connectivity index (χ1) is 5.70. The molecule has 0 unspecified atom stereocenters. The van der Waals surface area contributed by atoms with Crippen LogP contribution >= 0.6 is 0 Å². The summed E-state index contributed by atoms with van der Waals surface area (Å²) in [4.78, 5) is 0. The van der Waals surface area contributed by atoms with Crippen LogP contribution in [0.15, 0.2) is 0 Å². The van der Waals surface area contributed by atoms with Crippen molar-refractivity contribution in [3.05, 3.63) is 0 Å². The minimum atomic E-state index is -0.0802. The summed E-state index contributed by atoms with van der Waals surface area (Å²) >= 11 is 0. The van der Waals surface area contributed by atoms with Gasteiger partial charge in [-0.3, -0.25) is 0 Å². The Kier molecular flexibility index (Phi) is 2.10. The van der Waals surface area contributed by atoms with E-state index in [1.807, 2.05) is 0 Å². The van der Waals surface area contributed by atoms with Crippen LogP contribution in [0.5, 0.6) is 0 Å². The van der Waals surface area contributed by atoms with Gasteiger partial charge < -0.3 is 10.3 Å². The van der Waals surface area contributed by atoms with Gasteiger partial charge in [-0.25, -0.2) is 0 Å². The Morgan fingerprint density at radius 2 is 1.83 bits per heavy atom. The van der Waals surface area contributed by atoms with Crippen LogP contribution in [0.1, 0.15) is 32.1 Å². The molecule has 0 aromatic rings. The van der Waals surface area contributed by atoms with Crippen molar-refractivity contribution in [2.24, 2.45) is 5.41 Å². The Morgan fingerprint density at radius 3 is 2.33 bits per heavy atom. The van der Waals surface area contributed by atoms with Crippen LogP contribution in [0.25, 0.3) is 0 Å². The van der Waals surface area contributed by atoms with E-state index in [0.717, 1.165) is 45.2 Å². The van der Waals surface area contributed by atoms with Gasteiger partial charge >= 0.3 is 0 Å². The van der Waals surface area contributed by atoms with Gasteiger partial charge in [-0.05, 0) is 37.5 Å². The highest BCUT2D eigenvalue weighted by Gasteiger charge is 2.40. The fraction of sp³-hybridized carbons (Fsp3) is 1.00. The Balaban J connectivity index is 1.95. The number of aliphatic hydroxyl groups is 1. The molecule has 1 saturated carbocycles. The highest BCUT2D eigenvalue weighted by Crippen LogP contribution is 2.43. The predicted octanol–water partition coefficient (Wildman–Crippen LogP) is 1.00. The lowest BCUT2D eigenvalue weighted by atomic mass is 9.73. The lowest BCUT2D eigenvalue weighted by molar-refractivity contribution is -0.0821. The summed E-state index contributed by atoms with van der Waals surface area (Å²) in [5, 5.41) is 20.1. The average Bonchev–Trinajstić information content (AvgIpc) is 2.40. The number of aliphatic hydroxyl groups excluding tert-OH is 1. The summed E-state index contributed by atoms with van der Waals surface area (Å²) in [6.45, 7) is 1.63. The Bertz CT molecular complexity index is 164. The smallest absolute Gasteiger partial charge is 0.0540 e. The third-order valence-corrected chi connectivity index (χ3v) is 3.43. The maximum absolute atomic E-state index is 9.34. The molecular formula is C9H17NO2. The number of hydrogen-bond acceptors (Lipinski definition) is 3. The largest absolute Gasteiger partial charge is 0.393 e. The van der Waals surface area contributed by atoms with Gasteiger partial charge in [0.1, 0.15) is 0 Å². The molecular weight excluding hydrogens is 154 g/mol. The van der Waals surface area contributed by atoms with E-state index in [-0.39, 0.29) is 6.10 Å². The lowest BCUT2D eigenvalue weighted by Gasteiger charge is -2.34. The van der Waals surface area contributed by atoms with Gasteiger partial charge in [-0.2, -0.15) is 5.06 Å². The van der Waals surface area contributed by atoms with Crippen LogP contribution in [-0.2, 0) is 0 Å². The van der Waals surface area contributed by atoms with E-state index in [1.165, 1.54) is 5.06 Å². The van der Waals surface area contributed by atoms with Gasteiger partial charge in [0.05, 0.1) is 6.10 Å². The Morgan fingerprint density at radius 1 is 1.17 bits per heavy atom. The highest BCUT2D eigenvalue weighted by molar-refractivity contribution is 4.91. The van der Waals surface area contributed by atoms with Crippen molar-refractivity contribution in [1.82, 2.24) is 5.06 Å². The quantitative estimate of drug-likeness (QED) is 0.571. The summed E-state index contributed by atoms with van der Waals surface area (Å²) in [6, 6.07) is 0. The molecule has 1 spiro atoms. The molecule has 0 aromatic heterocycles. The van der Waals surface area contributed by atoms with Gasteiger partial charge in [0.15, 0.2) is 0 Å².